The van der Waals surface area contributed by atoms with Crippen LogP contribution in [0, 0.1) is 10.1 Å². The largest absolute Gasteiger partial charge is 0.298 e. The van der Waals surface area contributed by atoms with Crippen LogP contribution in [0.5, 0.6) is 0 Å². The first-order valence-corrected chi connectivity index (χ1v) is 7.32. The second kappa shape index (κ2) is 5.93. The average molecular weight is 327 g/mol. The van der Waals surface area contributed by atoms with Gasteiger partial charge in [0.05, 0.1) is 15.8 Å². The number of fused-ring (bicyclic) bond motifs is 1. The van der Waals surface area contributed by atoms with Crippen LogP contribution < -0.4 is 10.1 Å². The summed E-state index contributed by atoms with van der Waals surface area (Å²) in [6, 6.07) is 12.0. The molecule has 1 amide bonds. The molecule has 1 heterocycles. The summed E-state index contributed by atoms with van der Waals surface area (Å²) >= 11 is 0.831. The molecule has 3 rings (SSSR count). The Labute approximate surface area is 133 Å². The normalized spacial score (nSPS) is 10.4. The molecule has 0 atom stereocenters. The lowest BCUT2D eigenvalue weighted by Crippen LogP contribution is -2.13. The Morgan fingerprint density at radius 1 is 1.13 bits per heavy atom. The lowest BCUT2D eigenvalue weighted by Gasteiger charge is -2.04. The maximum absolute atomic E-state index is 12.1. The molecule has 0 saturated carbocycles. The molecule has 114 valence electrons. The van der Waals surface area contributed by atoms with Crippen LogP contribution >= 0.6 is 11.3 Å². The number of amides is 1. The Hall–Kier alpha value is -3.13. The smallest absolute Gasteiger partial charge is 0.269 e. The predicted molar refractivity (Wildman–Crippen MR) is 86.9 cm³/mol. The van der Waals surface area contributed by atoms with E-state index in [1.807, 2.05) is 0 Å². The monoisotopic (exact) mass is 327 g/mol. The molecular formula is C15H9N3O4S. The summed E-state index contributed by atoms with van der Waals surface area (Å²) in [4.78, 5) is 38.4. The highest BCUT2D eigenvalue weighted by molar-refractivity contribution is 7.13. The van der Waals surface area contributed by atoms with Crippen molar-refractivity contribution in [3.63, 3.8) is 0 Å². The number of nitrogens with one attached hydrogen (secondary N) is 1. The number of nitro benzene ring substituents is 1. The Morgan fingerprint density at radius 3 is 2.52 bits per heavy atom. The molecule has 8 heteroatoms. The van der Waals surface area contributed by atoms with Gasteiger partial charge < -0.3 is 0 Å². The zero-order valence-corrected chi connectivity index (χ0v) is 12.4. The number of hydrogen-bond donors (Lipinski definition) is 1. The molecule has 23 heavy (non-hydrogen) atoms. The standard InChI is InChI=1S/C15H9N3O4S/c19-13(9-5-7-10(8-6-9)18(21)22)17-15-16-12-4-2-1-3-11(12)14(20)23-15/h1-8H,(H,16,17,19). The van der Waals surface area contributed by atoms with E-state index in [1.165, 1.54) is 24.3 Å². The summed E-state index contributed by atoms with van der Waals surface area (Å²) in [5, 5.41) is 13.8. The summed E-state index contributed by atoms with van der Waals surface area (Å²) in [6.45, 7) is 0. The third kappa shape index (κ3) is 3.06. The van der Waals surface area contributed by atoms with Crippen molar-refractivity contribution in [3.8, 4) is 0 Å². The van der Waals surface area contributed by atoms with Gasteiger partial charge in [0.25, 0.3) is 11.6 Å². The number of hydrogen-bond acceptors (Lipinski definition) is 6. The summed E-state index contributed by atoms with van der Waals surface area (Å²) in [5.74, 6) is -0.488. The molecule has 0 bridgehead atoms. The Morgan fingerprint density at radius 2 is 1.83 bits per heavy atom. The molecule has 0 aliphatic rings. The first-order chi connectivity index (χ1) is 11.0. The van der Waals surface area contributed by atoms with Crippen LogP contribution in [0.15, 0.2) is 53.3 Å². The van der Waals surface area contributed by atoms with Crippen LogP contribution in [0.4, 0.5) is 10.8 Å². The highest BCUT2D eigenvalue weighted by Crippen LogP contribution is 2.17. The summed E-state index contributed by atoms with van der Waals surface area (Å²) in [5.41, 5.74) is 0.635. The van der Waals surface area contributed by atoms with E-state index < -0.39 is 10.8 Å². The molecule has 1 aromatic heterocycles. The van der Waals surface area contributed by atoms with Gasteiger partial charge in [0, 0.05) is 17.7 Å². The second-order valence-corrected chi connectivity index (χ2v) is 5.54. The minimum absolute atomic E-state index is 0.102. The number of anilines is 1. The third-order valence-corrected chi connectivity index (χ3v) is 3.89. The molecule has 0 fully saturated rings. The van der Waals surface area contributed by atoms with Crippen molar-refractivity contribution in [2.75, 3.05) is 5.32 Å². The SMILES string of the molecule is O=C(Nc1nc2ccccc2c(=O)s1)c1ccc([N+](=O)[O-])cc1. The average Bonchev–Trinajstić information content (AvgIpc) is 2.55. The van der Waals surface area contributed by atoms with Gasteiger partial charge in [-0.15, -0.1) is 0 Å². The fourth-order valence-corrected chi connectivity index (χ4v) is 2.72. The van der Waals surface area contributed by atoms with Gasteiger partial charge in [-0.2, -0.15) is 0 Å². The van der Waals surface area contributed by atoms with Crippen molar-refractivity contribution in [1.82, 2.24) is 4.98 Å². The van der Waals surface area contributed by atoms with Crippen LogP contribution in [0.3, 0.4) is 0 Å². The van der Waals surface area contributed by atoms with E-state index in [9.17, 15) is 19.7 Å². The Bertz CT molecular complexity index is 966. The summed E-state index contributed by atoms with van der Waals surface area (Å²) < 4.78 is -0.199. The van der Waals surface area contributed by atoms with Crippen molar-refractivity contribution < 1.29 is 9.72 Å². The number of nitro groups is 1. The fraction of sp³-hybridized carbons (Fsp3) is 0. The quantitative estimate of drug-likeness (QED) is 0.588. The number of benzene rings is 2. The molecule has 7 nitrogen and oxygen atoms in total. The van der Waals surface area contributed by atoms with Gasteiger partial charge in [0.15, 0.2) is 5.13 Å². The van der Waals surface area contributed by atoms with Gasteiger partial charge >= 0.3 is 0 Å². The minimum Gasteiger partial charge on any atom is -0.298 e. The maximum atomic E-state index is 12.1. The minimum atomic E-state index is -0.543. The number of rotatable bonds is 3. The number of carbonyl (C=O) groups excluding carboxylic acids is 1. The number of para-hydroxylation sites is 1. The molecule has 0 radical (unpaired) electrons. The topological polar surface area (TPSA) is 102 Å². The zero-order chi connectivity index (χ0) is 16.4. The number of aromatic nitrogens is 1. The number of non-ortho nitro benzene ring substituents is 1. The predicted octanol–water partition coefficient (Wildman–Crippen LogP) is 2.82. The third-order valence-electron chi connectivity index (χ3n) is 3.10. The number of nitrogens with zero attached hydrogens (tertiary/aromatic N) is 2. The molecule has 3 aromatic rings. The summed E-state index contributed by atoms with van der Waals surface area (Å²) in [7, 11) is 0. The van der Waals surface area contributed by atoms with E-state index >= 15 is 0 Å². The van der Waals surface area contributed by atoms with Crippen molar-refractivity contribution >= 4 is 39.0 Å². The van der Waals surface area contributed by atoms with Gasteiger partial charge in [0.2, 0.25) is 4.74 Å². The van der Waals surface area contributed by atoms with E-state index in [0.717, 1.165) is 11.3 Å². The van der Waals surface area contributed by atoms with Crippen LogP contribution in [-0.4, -0.2) is 15.8 Å². The Balaban J connectivity index is 1.88. The molecule has 0 unspecified atom stereocenters. The lowest BCUT2D eigenvalue weighted by molar-refractivity contribution is -0.384. The van der Waals surface area contributed by atoms with Crippen molar-refractivity contribution in [2.24, 2.45) is 0 Å². The number of carbonyl (C=O) groups is 1. The first kappa shape index (κ1) is 14.8. The van der Waals surface area contributed by atoms with Gasteiger partial charge in [-0.05, 0) is 24.3 Å². The Kier molecular flexibility index (Phi) is 3.82. The highest BCUT2D eigenvalue weighted by atomic mass is 32.1. The first-order valence-electron chi connectivity index (χ1n) is 6.50. The molecule has 2 aromatic carbocycles. The van der Waals surface area contributed by atoms with E-state index in [0.29, 0.717) is 10.9 Å². The van der Waals surface area contributed by atoms with E-state index in [2.05, 4.69) is 10.3 Å². The van der Waals surface area contributed by atoms with Gasteiger partial charge in [-0.1, -0.05) is 23.5 Å². The molecule has 0 aliphatic carbocycles. The second-order valence-electron chi connectivity index (χ2n) is 4.58. The van der Waals surface area contributed by atoms with Gasteiger partial charge in [-0.25, -0.2) is 4.98 Å². The molecule has 1 N–H and O–H groups in total. The van der Waals surface area contributed by atoms with E-state index in [1.54, 1.807) is 24.3 Å². The van der Waals surface area contributed by atoms with Crippen LogP contribution in [0.2, 0.25) is 0 Å². The van der Waals surface area contributed by atoms with Crippen molar-refractivity contribution in [3.05, 3.63) is 73.7 Å². The van der Waals surface area contributed by atoms with Crippen molar-refractivity contribution in [2.45, 2.75) is 0 Å². The molecule has 0 spiro atoms. The van der Waals surface area contributed by atoms with E-state index in [-0.39, 0.29) is 21.1 Å². The van der Waals surface area contributed by atoms with Gasteiger partial charge in [0.1, 0.15) is 0 Å². The lowest BCUT2D eigenvalue weighted by atomic mass is 10.2. The van der Waals surface area contributed by atoms with E-state index in [4.69, 9.17) is 0 Å². The van der Waals surface area contributed by atoms with Crippen LogP contribution in [0.1, 0.15) is 10.4 Å². The molecule has 0 saturated heterocycles. The highest BCUT2D eigenvalue weighted by Gasteiger charge is 2.12. The zero-order valence-electron chi connectivity index (χ0n) is 11.6. The summed E-state index contributed by atoms with van der Waals surface area (Å²) in [6.07, 6.45) is 0. The van der Waals surface area contributed by atoms with Crippen LogP contribution in [0.25, 0.3) is 10.9 Å². The van der Waals surface area contributed by atoms with Crippen molar-refractivity contribution in [1.29, 1.82) is 0 Å². The van der Waals surface area contributed by atoms with Crippen LogP contribution in [-0.2, 0) is 0 Å². The fourth-order valence-electron chi connectivity index (χ4n) is 1.98. The molecule has 0 aliphatic heterocycles. The molecular weight excluding hydrogens is 318 g/mol. The van der Waals surface area contributed by atoms with Gasteiger partial charge in [-0.3, -0.25) is 25.0 Å². The maximum Gasteiger partial charge on any atom is 0.269 e.